The number of likely N-dealkylation sites (tertiary alicyclic amines) is 1. The Balaban J connectivity index is 1.60. The van der Waals surface area contributed by atoms with Crippen molar-refractivity contribution in [1.29, 1.82) is 0 Å². The molecule has 1 aromatic rings. The Labute approximate surface area is 142 Å². The molecular formula is C18H27NO3S. The number of rotatable bonds is 5. The molecule has 0 aromatic carbocycles. The monoisotopic (exact) mass is 337 g/mol. The second-order valence-electron chi connectivity index (χ2n) is 6.72. The van der Waals surface area contributed by atoms with Crippen molar-refractivity contribution in [2.24, 2.45) is 5.92 Å². The van der Waals surface area contributed by atoms with Gasteiger partial charge < -0.3 is 14.7 Å². The van der Waals surface area contributed by atoms with Gasteiger partial charge >= 0.3 is 0 Å². The average Bonchev–Trinajstić information content (AvgIpc) is 3.26. The number of thiophene rings is 1. The Morgan fingerprint density at radius 1 is 1.52 bits per heavy atom. The van der Waals surface area contributed by atoms with Crippen LogP contribution in [0, 0.1) is 5.92 Å². The Kier molecular flexibility index (Phi) is 5.72. The van der Waals surface area contributed by atoms with Gasteiger partial charge in [0.05, 0.1) is 12.2 Å². The van der Waals surface area contributed by atoms with Gasteiger partial charge in [0, 0.05) is 30.0 Å². The van der Waals surface area contributed by atoms with Crippen molar-refractivity contribution in [3.63, 3.8) is 0 Å². The van der Waals surface area contributed by atoms with E-state index in [4.69, 9.17) is 4.74 Å². The van der Waals surface area contributed by atoms with Crippen LogP contribution in [0.15, 0.2) is 17.5 Å². The molecule has 2 aliphatic heterocycles. The van der Waals surface area contributed by atoms with Crippen molar-refractivity contribution in [1.82, 2.24) is 4.90 Å². The first kappa shape index (κ1) is 16.9. The Bertz CT molecular complexity index is 504. The molecule has 3 rings (SSSR count). The van der Waals surface area contributed by atoms with Gasteiger partial charge in [-0.25, -0.2) is 0 Å². The molecule has 2 aliphatic rings. The summed E-state index contributed by atoms with van der Waals surface area (Å²) in [6.07, 6.45) is 5.17. The van der Waals surface area contributed by atoms with E-state index in [1.807, 2.05) is 22.4 Å². The number of hydrogen-bond donors (Lipinski definition) is 1. The number of carbonyl (C=O) groups is 1. The van der Waals surface area contributed by atoms with Crippen molar-refractivity contribution in [2.45, 2.75) is 63.7 Å². The highest BCUT2D eigenvalue weighted by molar-refractivity contribution is 7.10. The van der Waals surface area contributed by atoms with Crippen LogP contribution in [0.5, 0.6) is 0 Å². The van der Waals surface area contributed by atoms with Gasteiger partial charge in [0.2, 0.25) is 5.91 Å². The quantitative estimate of drug-likeness (QED) is 0.896. The van der Waals surface area contributed by atoms with Crippen molar-refractivity contribution >= 4 is 17.2 Å². The topological polar surface area (TPSA) is 49.8 Å². The molecule has 1 N–H and O–H groups in total. The van der Waals surface area contributed by atoms with Gasteiger partial charge in [0.15, 0.2) is 0 Å². The lowest BCUT2D eigenvalue weighted by Crippen LogP contribution is -2.43. The minimum absolute atomic E-state index is 0.105. The standard InChI is InChI=1S/C18H27NO3S/c1-2-15-11-13(7-9-22-15)18(21)19-8-3-5-14(19)12-16(20)17-6-4-10-23-17/h4,6,10,13-16,20H,2-3,5,7-9,11-12H2,1H3/t13-,14-,15-,16+/m1/s1. The molecule has 2 fully saturated rings. The summed E-state index contributed by atoms with van der Waals surface area (Å²) >= 11 is 1.59. The summed E-state index contributed by atoms with van der Waals surface area (Å²) in [6, 6.07) is 4.12. The van der Waals surface area contributed by atoms with Crippen LogP contribution in [-0.4, -0.2) is 41.2 Å². The van der Waals surface area contributed by atoms with E-state index in [0.717, 1.165) is 43.5 Å². The van der Waals surface area contributed by atoms with Gasteiger partial charge in [-0.1, -0.05) is 13.0 Å². The molecule has 128 valence electrons. The summed E-state index contributed by atoms with van der Waals surface area (Å²) in [5.41, 5.74) is 0. The number of hydrogen-bond acceptors (Lipinski definition) is 4. The third-order valence-corrected chi connectivity index (χ3v) is 6.17. The number of ether oxygens (including phenoxy) is 1. The van der Waals surface area contributed by atoms with Crippen LogP contribution < -0.4 is 0 Å². The lowest BCUT2D eigenvalue weighted by atomic mass is 9.92. The molecule has 0 unspecified atom stereocenters. The largest absolute Gasteiger partial charge is 0.387 e. The van der Waals surface area contributed by atoms with Crippen LogP contribution in [-0.2, 0) is 9.53 Å². The highest BCUT2D eigenvalue weighted by Crippen LogP contribution is 2.32. The number of carbonyl (C=O) groups excluding carboxylic acids is 1. The first-order chi connectivity index (χ1) is 11.2. The molecule has 23 heavy (non-hydrogen) atoms. The zero-order valence-electron chi connectivity index (χ0n) is 13.8. The first-order valence-electron chi connectivity index (χ1n) is 8.82. The molecule has 4 nitrogen and oxygen atoms in total. The van der Waals surface area contributed by atoms with Crippen LogP contribution in [0.25, 0.3) is 0 Å². The Morgan fingerprint density at radius 2 is 2.39 bits per heavy atom. The van der Waals surface area contributed by atoms with Gasteiger partial charge in [-0.2, -0.15) is 0 Å². The molecule has 2 saturated heterocycles. The van der Waals surface area contributed by atoms with Gasteiger partial charge in [-0.3, -0.25) is 4.79 Å². The summed E-state index contributed by atoms with van der Waals surface area (Å²) < 4.78 is 5.70. The summed E-state index contributed by atoms with van der Waals surface area (Å²) in [7, 11) is 0. The summed E-state index contributed by atoms with van der Waals surface area (Å²) in [5.74, 6) is 0.390. The van der Waals surface area contributed by atoms with Gasteiger partial charge in [0.1, 0.15) is 0 Å². The fourth-order valence-electron chi connectivity index (χ4n) is 3.85. The normalized spacial score (nSPS) is 29.7. The van der Waals surface area contributed by atoms with E-state index in [0.29, 0.717) is 13.0 Å². The minimum atomic E-state index is -0.452. The van der Waals surface area contributed by atoms with Gasteiger partial charge in [-0.15, -0.1) is 11.3 Å². The molecule has 0 saturated carbocycles. The third-order valence-electron chi connectivity index (χ3n) is 5.20. The second kappa shape index (κ2) is 7.77. The van der Waals surface area contributed by atoms with E-state index in [1.165, 1.54) is 0 Å². The number of aliphatic hydroxyl groups is 1. The second-order valence-corrected chi connectivity index (χ2v) is 7.70. The average molecular weight is 337 g/mol. The molecule has 1 amide bonds. The minimum Gasteiger partial charge on any atom is -0.387 e. The molecule has 0 bridgehead atoms. The number of nitrogens with zero attached hydrogens (tertiary/aromatic N) is 1. The maximum absolute atomic E-state index is 12.9. The lowest BCUT2D eigenvalue weighted by molar-refractivity contribution is -0.142. The van der Waals surface area contributed by atoms with E-state index < -0.39 is 6.10 Å². The fourth-order valence-corrected chi connectivity index (χ4v) is 4.57. The van der Waals surface area contributed by atoms with Crippen molar-refractivity contribution in [3.05, 3.63) is 22.4 Å². The number of aliphatic hydroxyl groups excluding tert-OH is 1. The Morgan fingerprint density at radius 3 is 3.13 bits per heavy atom. The van der Waals surface area contributed by atoms with Crippen LogP contribution >= 0.6 is 11.3 Å². The maximum atomic E-state index is 12.9. The molecule has 1 aromatic heterocycles. The summed E-state index contributed by atoms with van der Waals surface area (Å²) in [4.78, 5) is 16.0. The maximum Gasteiger partial charge on any atom is 0.226 e. The highest BCUT2D eigenvalue weighted by atomic mass is 32.1. The van der Waals surface area contributed by atoms with E-state index in [1.54, 1.807) is 11.3 Å². The molecule has 4 atom stereocenters. The molecular weight excluding hydrogens is 310 g/mol. The molecule has 3 heterocycles. The SMILES string of the molecule is CC[C@@H]1C[C@H](C(=O)N2CCC[C@@H]2C[C@H](O)c2cccs2)CCO1. The van der Waals surface area contributed by atoms with E-state index in [9.17, 15) is 9.90 Å². The lowest BCUT2D eigenvalue weighted by Gasteiger charge is -2.34. The van der Waals surface area contributed by atoms with Gasteiger partial charge in [0.25, 0.3) is 0 Å². The molecule has 0 radical (unpaired) electrons. The third kappa shape index (κ3) is 3.95. The van der Waals surface area contributed by atoms with Crippen molar-refractivity contribution in [2.75, 3.05) is 13.2 Å². The van der Waals surface area contributed by atoms with Crippen LogP contribution in [0.2, 0.25) is 0 Å². The van der Waals surface area contributed by atoms with Crippen molar-refractivity contribution < 1.29 is 14.6 Å². The van der Waals surface area contributed by atoms with E-state index >= 15 is 0 Å². The van der Waals surface area contributed by atoms with Crippen LogP contribution in [0.3, 0.4) is 0 Å². The summed E-state index contributed by atoms with van der Waals surface area (Å²) in [5, 5.41) is 12.4. The fraction of sp³-hybridized carbons (Fsp3) is 0.722. The molecule has 0 spiro atoms. The van der Waals surface area contributed by atoms with Crippen molar-refractivity contribution in [3.8, 4) is 0 Å². The zero-order valence-corrected chi connectivity index (χ0v) is 14.6. The smallest absolute Gasteiger partial charge is 0.226 e. The highest BCUT2D eigenvalue weighted by Gasteiger charge is 2.36. The van der Waals surface area contributed by atoms with Crippen LogP contribution in [0.1, 0.15) is 56.4 Å². The molecule has 5 heteroatoms. The zero-order chi connectivity index (χ0) is 16.2. The van der Waals surface area contributed by atoms with Gasteiger partial charge in [-0.05, 0) is 50.0 Å². The predicted molar refractivity (Wildman–Crippen MR) is 91.4 cm³/mol. The Hall–Kier alpha value is -0.910. The molecule has 0 aliphatic carbocycles. The summed E-state index contributed by atoms with van der Waals surface area (Å²) in [6.45, 7) is 3.66. The predicted octanol–water partition coefficient (Wildman–Crippen LogP) is 3.37. The van der Waals surface area contributed by atoms with E-state index in [-0.39, 0.29) is 24.0 Å². The number of amides is 1. The first-order valence-corrected chi connectivity index (χ1v) is 9.70. The van der Waals surface area contributed by atoms with Crippen LogP contribution in [0.4, 0.5) is 0 Å². The van der Waals surface area contributed by atoms with E-state index in [2.05, 4.69) is 6.92 Å².